The van der Waals surface area contributed by atoms with E-state index in [0.29, 0.717) is 6.54 Å². The number of unbranched alkanes of at least 4 members (excludes halogenated alkanes) is 5. The molecule has 0 aromatic rings. The van der Waals surface area contributed by atoms with Crippen LogP contribution in [0, 0.1) is 0 Å². The SMILES string of the molecule is O=CCNCCCCCCCCN1CCCCC1. The van der Waals surface area contributed by atoms with Gasteiger partial charge in [0.05, 0.1) is 6.54 Å². The fraction of sp³-hybridized carbons (Fsp3) is 0.933. The van der Waals surface area contributed by atoms with Gasteiger partial charge in [0, 0.05) is 0 Å². The zero-order valence-corrected chi connectivity index (χ0v) is 11.8. The average Bonchev–Trinajstić information content (AvgIpc) is 2.42. The van der Waals surface area contributed by atoms with Crippen molar-refractivity contribution in [1.29, 1.82) is 0 Å². The number of aldehydes is 1. The van der Waals surface area contributed by atoms with E-state index < -0.39 is 0 Å². The number of carbonyl (C=O) groups excluding carboxylic acids is 1. The number of rotatable bonds is 11. The van der Waals surface area contributed by atoms with Crippen molar-refractivity contribution in [2.45, 2.75) is 57.8 Å². The summed E-state index contributed by atoms with van der Waals surface area (Å²) in [5.74, 6) is 0. The van der Waals surface area contributed by atoms with E-state index in [-0.39, 0.29) is 0 Å². The molecule has 0 aliphatic carbocycles. The molecule has 0 spiro atoms. The maximum atomic E-state index is 10.1. The minimum atomic E-state index is 0.510. The molecule has 1 fully saturated rings. The molecule has 0 atom stereocenters. The Labute approximate surface area is 112 Å². The second-order valence-corrected chi connectivity index (χ2v) is 5.39. The molecule has 1 rings (SSSR count). The lowest BCUT2D eigenvalue weighted by Crippen LogP contribution is -2.30. The van der Waals surface area contributed by atoms with Crippen LogP contribution in [0.4, 0.5) is 0 Å². The van der Waals surface area contributed by atoms with Gasteiger partial charge in [0.1, 0.15) is 6.29 Å². The Morgan fingerprint density at radius 1 is 0.889 bits per heavy atom. The molecular weight excluding hydrogens is 224 g/mol. The van der Waals surface area contributed by atoms with Crippen LogP contribution in [0.5, 0.6) is 0 Å². The maximum absolute atomic E-state index is 10.1. The van der Waals surface area contributed by atoms with Crippen LogP contribution in [-0.4, -0.2) is 43.9 Å². The molecule has 3 nitrogen and oxygen atoms in total. The van der Waals surface area contributed by atoms with Crippen LogP contribution in [-0.2, 0) is 4.79 Å². The molecule has 106 valence electrons. The van der Waals surface area contributed by atoms with E-state index in [9.17, 15) is 4.79 Å². The summed E-state index contributed by atoms with van der Waals surface area (Å²) in [5.41, 5.74) is 0. The summed E-state index contributed by atoms with van der Waals surface area (Å²) in [6, 6.07) is 0. The molecule has 1 heterocycles. The molecule has 0 unspecified atom stereocenters. The summed E-state index contributed by atoms with van der Waals surface area (Å²) in [6.07, 6.45) is 13.2. The van der Waals surface area contributed by atoms with Crippen LogP contribution in [0.1, 0.15) is 57.8 Å². The molecule has 0 saturated carbocycles. The lowest BCUT2D eigenvalue weighted by Gasteiger charge is -2.26. The van der Waals surface area contributed by atoms with Crippen LogP contribution in [0.25, 0.3) is 0 Å². The van der Waals surface area contributed by atoms with Gasteiger partial charge in [0.15, 0.2) is 0 Å². The van der Waals surface area contributed by atoms with Gasteiger partial charge >= 0.3 is 0 Å². The van der Waals surface area contributed by atoms with Gasteiger partial charge in [-0.3, -0.25) is 0 Å². The molecule has 3 heteroatoms. The molecule has 1 saturated heterocycles. The molecule has 1 aliphatic heterocycles. The molecule has 0 aromatic carbocycles. The van der Waals surface area contributed by atoms with Gasteiger partial charge < -0.3 is 15.0 Å². The summed E-state index contributed by atoms with van der Waals surface area (Å²) >= 11 is 0. The molecule has 0 bridgehead atoms. The van der Waals surface area contributed by atoms with Crippen molar-refractivity contribution >= 4 is 6.29 Å². The van der Waals surface area contributed by atoms with Crippen molar-refractivity contribution in [3.8, 4) is 0 Å². The number of nitrogens with zero attached hydrogens (tertiary/aromatic N) is 1. The highest BCUT2D eigenvalue weighted by Gasteiger charge is 2.08. The normalized spacial score (nSPS) is 16.9. The fourth-order valence-corrected chi connectivity index (χ4v) is 2.64. The van der Waals surface area contributed by atoms with Gasteiger partial charge in [0.2, 0.25) is 0 Å². The van der Waals surface area contributed by atoms with Crippen molar-refractivity contribution in [3.63, 3.8) is 0 Å². The number of likely N-dealkylation sites (tertiary alicyclic amines) is 1. The smallest absolute Gasteiger partial charge is 0.133 e. The first-order valence-electron chi connectivity index (χ1n) is 7.80. The van der Waals surface area contributed by atoms with Crippen LogP contribution in [0.3, 0.4) is 0 Å². The summed E-state index contributed by atoms with van der Waals surface area (Å²) in [7, 11) is 0. The van der Waals surface area contributed by atoms with Gasteiger partial charge in [-0.05, 0) is 51.9 Å². The van der Waals surface area contributed by atoms with Crippen LogP contribution in [0.15, 0.2) is 0 Å². The van der Waals surface area contributed by atoms with Gasteiger partial charge in [0.25, 0.3) is 0 Å². The molecule has 1 aliphatic rings. The summed E-state index contributed by atoms with van der Waals surface area (Å²) in [5, 5.41) is 3.11. The minimum Gasteiger partial charge on any atom is -0.310 e. The largest absolute Gasteiger partial charge is 0.310 e. The predicted molar refractivity (Wildman–Crippen MR) is 76.9 cm³/mol. The highest BCUT2D eigenvalue weighted by Crippen LogP contribution is 2.11. The standard InChI is InChI=1S/C15H30N2O/c18-15-11-16-10-6-3-1-2-4-7-12-17-13-8-5-9-14-17/h15-16H,1-14H2. The van der Waals surface area contributed by atoms with Crippen molar-refractivity contribution in [2.75, 3.05) is 32.7 Å². The molecule has 1 N–H and O–H groups in total. The number of hydrogen-bond acceptors (Lipinski definition) is 3. The van der Waals surface area contributed by atoms with E-state index in [1.807, 2.05) is 0 Å². The Hall–Kier alpha value is -0.410. The van der Waals surface area contributed by atoms with Gasteiger partial charge in [-0.2, -0.15) is 0 Å². The third-order valence-corrected chi connectivity index (χ3v) is 3.75. The molecule has 0 amide bonds. The Morgan fingerprint density at radius 3 is 2.28 bits per heavy atom. The van der Waals surface area contributed by atoms with Crippen LogP contribution >= 0.6 is 0 Å². The third-order valence-electron chi connectivity index (χ3n) is 3.75. The lowest BCUT2D eigenvalue weighted by molar-refractivity contribution is -0.107. The Balaban J connectivity index is 1.74. The molecule has 18 heavy (non-hydrogen) atoms. The quantitative estimate of drug-likeness (QED) is 0.454. The van der Waals surface area contributed by atoms with E-state index in [0.717, 1.165) is 12.8 Å². The van der Waals surface area contributed by atoms with E-state index in [1.165, 1.54) is 77.4 Å². The number of carbonyl (C=O) groups is 1. The fourth-order valence-electron chi connectivity index (χ4n) is 2.64. The van der Waals surface area contributed by atoms with Crippen LogP contribution in [0.2, 0.25) is 0 Å². The highest BCUT2D eigenvalue weighted by atomic mass is 16.1. The minimum absolute atomic E-state index is 0.510. The van der Waals surface area contributed by atoms with Gasteiger partial charge in [-0.25, -0.2) is 0 Å². The first-order valence-corrected chi connectivity index (χ1v) is 7.80. The maximum Gasteiger partial charge on any atom is 0.133 e. The third kappa shape index (κ3) is 8.65. The molecule has 0 radical (unpaired) electrons. The topological polar surface area (TPSA) is 32.3 Å². The lowest BCUT2D eigenvalue weighted by atomic mass is 10.1. The molecular formula is C15H30N2O. The highest BCUT2D eigenvalue weighted by molar-refractivity contribution is 5.51. The zero-order chi connectivity index (χ0) is 12.9. The first kappa shape index (κ1) is 15.6. The summed E-state index contributed by atoms with van der Waals surface area (Å²) in [6.45, 7) is 5.49. The van der Waals surface area contributed by atoms with Gasteiger partial charge in [-0.15, -0.1) is 0 Å². The van der Waals surface area contributed by atoms with E-state index in [4.69, 9.17) is 0 Å². The predicted octanol–water partition coefficient (Wildman–Crippen LogP) is 2.60. The average molecular weight is 254 g/mol. The monoisotopic (exact) mass is 254 g/mol. The van der Waals surface area contributed by atoms with Crippen LogP contribution < -0.4 is 5.32 Å². The van der Waals surface area contributed by atoms with Gasteiger partial charge in [-0.1, -0.05) is 32.1 Å². The van der Waals surface area contributed by atoms with Crippen molar-refractivity contribution in [3.05, 3.63) is 0 Å². The van der Waals surface area contributed by atoms with Crippen molar-refractivity contribution < 1.29 is 4.79 Å². The van der Waals surface area contributed by atoms with E-state index in [2.05, 4.69) is 10.2 Å². The summed E-state index contributed by atoms with van der Waals surface area (Å²) < 4.78 is 0. The van der Waals surface area contributed by atoms with Crippen molar-refractivity contribution in [1.82, 2.24) is 10.2 Å². The number of piperidine rings is 1. The number of hydrogen-bond donors (Lipinski definition) is 1. The van der Waals surface area contributed by atoms with E-state index in [1.54, 1.807) is 0 Å². The zero-order valence-electron chi connectivity index (χ0n) is 11.8. The Morgan fingerprint density at radius 2 is 1.56 bits per heavy atom. The second kappa shape index (κ2) is 11.7. The Bertz CT molecular complexity index is 191. The first-order chi connectivity index (χ1) is 8.93. The van der Waals surface area contributed by atoms with Crippen molar-refractivity contribution in [2.24, 2.45) is 0 Å². The Kier molecular flexibility index (Phi) is 10.1. The summed E-state index contributed by atoms with van der Waals surface area (Å²) in [4.78, 5) is 12.7. The second-order valence-electron chi connectivity index (χ2n) is 5.39. The number of nitrogens with one attached hydrogen (secondary N) is 1. The van der Waals surface area contributed by atoms with E-state index >= 15 is 0 Å². The molecule has 0 aromatic heterocycles.